The fraction of sp³-hybridized carbons (Fsp3) is 0.294. The van der Waals surface area contributed by atoms with Crippen molar-refractivity contribution in [2.75, 3.05) is 13.7 Å². The minimum Gasteiger partial charge on any atom is -0.497 e. The molecule has 2 aromatic rings. The first kappa shape index (κ1) is 15.1. The fourth-order valence-corrected chi connectivity index (χ4v) is 2.74. The lowest BCUT2D eigenvalue weighted by molar-refractivity contribution is 0.413. The molecule has 0 aliphatic heterocycles. The maximum absolute atomic E-state index is 5.32. The molecule has 0 radical (unpaired) electrons. The van der Waals surface area contributed by atoms with Crippen LogP contribution in [0.25, 0.3) is 0 Å². The molecule has 2 aromatic carbocycles. The number of benzene rings is 2. The van der Waals surface area contributed by atoms with Crippen molar-refractivity contribution in [3.8, 4) is 5.75 Å². The second-order valence-corrected chi connectivity index (χ2v) is 5.54. The molecule has 0 bridgehead atoms. The molecule has 0 spiro atoms. The highest BCUT2D eigenvalue weighted by molar-refractivity contribution is 9.10. The maximum atomic E-state index is 5.32. The van der Waals surface area contributed by atoms with E-state index >= 15 is 0 Å². The molecule has 0 aliphatic rings. The summed E-state index contributed by atoms with van der Waals surface area (Å²) in [5.74, 6) is 0.900. The van der Waals surface area contributed by atoms with Crippen molar-refractivity contribution in [3.63, 3.8) is 0 Å². The van der Waals surface area contributed by atoms with Gasteiger partial charge in [0.2, 0.25) is 0 Å². The third-order valence-corrected chi connectivity index (χ3v) is 4.10. The van der Waals surface area contributed by atoms with Crippen LogP contribution >= 0.6 is 15.9 Å². The third-order valence-electron chi connectivity index (χ3n) is 3.33. The summed E-state index contributed by atoms with van der Waals surface area (Å²) < 4.78 is 6.48. The highest BCUT2D eigenvalue weighted by Crippen LogP contribution is 2.25. The van der Waals surface area contributed by atoms with E-state index in [0.29, 0.717) is 0 Å². The standard InChI is InChI=1S/C17H20BrNO/c1-3-19-17(12-13-7-4-5-10-16(13)18)14-8-6-9-15(11-14)20-2/h4-11,17,19H,3,12H2,1-2H3. The number of methoxy groups -OCH3 is 1. The van der Waals surface area contributed by atoms with Gasteiger partial charge in [-0.1, -0.05) is 53.2 Å². The predicted molar refractivity (Wildman–Crippen MR) is 87.3 cm³/mol. The Balaban J connectivity index is 2.24. The van der Waals surface area contributed by atoms with E-state index in [1.165, 1.54) is 11.1 Å². The zero-order valence-electron chi connectivity index (χ0n) is 11.9. The van der Waals surface area contributed by atoms with E-state index < -0.39 is 0 Å². The third kappa shape index (κ3) is 3.84. The van der Waals surface area contributed by atoms with Crippen molar-refractivity contribution in [2.45, 2.75) is 19.4 Å². The lowest BCUT2D eigenvalue weighted by Crippen LogP contribution is -2.23. The zero-order valence-corrected chi connectivity index (χ0v) is 13.5. The number of nitrogens with one attached hydrogen (secondary N) is 1. The normalized spacial score (nSPS) is 12.2. The van der Waals surface area contributed by atoms with Gasteiger partial charge in [0, 0.05) is 10.5 Å². The molecule has 1 N–H and O–H groups in total. The van der Waals surface area contributed by atoms with Crippen LogP contribution in [-0.2, 0) is 6.42 Å². The van der Waals surface area contributed by atoms with Crippen LogP contribution in [0.1, 0.15) is 24.1 Å². The Morgan fingerprint density at radius 3 is 2.65 bits per heavy atom. The Bertz CT molecular complexity index is 556. The van der Waals surface area contributed by atoms with E-state index in [-0.39, 0.29) is 6.04 Å². The molecule has 106 valence electrons. The second-order valence-electron chi connectivity index (χ2n) is 4.68. The van der Waals surface area contributed by atoms with Gasteiger partial charge in [-0.3, -0.25) is 0 Å². The van der Waals surface area contributed by atoms with Crippen molar-refractivity contribution < 1.29 is 4.74 Å². The van der Waals surface area contributed by atoms with Crippen LogP contribution in [0.5, 0.6) is 5.75 Å². The maximum Gasteiger partial charge on any atom is 0.119 e. The topological polar surface area (TPSA) is 21.3 Å². The largest absolute Gasteiger partial charge is 0.497 e. The summed E-state index contributed by atoms with van der Waals surface area (Å²) in [5, 5.41) is 3.55. The summed E-state index contributed by atoms with van der Waals surface area (Å²) in [6.45, 7) is 3.07. The van der Waals surface area contributed by atoms with Crippen molar-refractivity contribution in [1.29, 1.82) is 0 Å². The quantitative estimate of drug-likeness (QED) is 0.848. The Hall–Kier alpha value is -1.32. The van der Waals surface area contributed by atoms with Gasteiger partial charge in [0.1, 0.15) is 5.75 Å². The number of ether oxygens (including phenoxy) is 1. The molecule has 20 heavy (non-hydrogen) atoms. The molecule has 2 rings (SSSR count). The van der Waals surface area contributed by atoms with Gasteiger partial charge in [0.25, 0.3) is 0 Å². The molecule has 0 heterocycles. The van der Waals surface area contributed by atoms with E-state index in [9.17, 15) is 0 Å². The van der Waals surface area contributed by atoms with Gasteiger partial charge in [-0.05, 0) is 42.3 Å². The minimum absolute atomic E-state index is 0.286. The van der Waals surface area contributed by atoms with Gasteiger partial charge in [-0.15, -0.1) is 0 Å². The van der Waals surface area contributed by atoms with Crippen LogP contribution in [-0.4, -0.2) is 13.7 Å². The Kier molecular flexibility index (Phi) is 5.62. The van der Waals surface area contributed by atoms with E-state index in [2.05, 4.69) is 58.5 Å². The highest BCUT2D eigenvalue weighted by atomic mass is 79.9. The summed E-state index contributed by atoms with van der Waals surface area (Å²) in [6, 6.07) is 16.9. The molecule has 0 aromatic heterocycles. The summed E-state index contributed by atoms with van der Waals surface area (Å²) in [4.78, 5) is 0. The van der Waals surface area contributed by atoms with Gasteiger partial charge in [-0.25, -0.2) is 0 Å². The Morgan fingerprint density at radius 1 is 1.15 bits per heavy atom. The number of hydrogen-bond donors (Lipinski definition) is 1. The van der Waals surface area contributed by atoms with E-state index in [1.807, 2.05) is 18.2 Å². The summed E-state index contributed by atoms with van der Waals surface area (Å²) in [7, 11) is 1.70. The average molecular weight is 334 g/mol. The van der Waals surface area contributed by atoms with Crippen molar-refractivity contribution >= 4 is 15.9 Å². The lowest BCUT2D eigenvalue weighted by Gasteiger charge is -2.20. The Labute approximate surface area is 129 Å². The summed E-state index contributed by atoms with van der Waals surface area (Å²) in [6.07, 6.45) is 0.947. The molecule has 2 nitrogen and oxygen atoms in total. The van der Waals surface area contributed by atoms with Gasteiger partial charge in [0.15, 0.2) is 0 Å². The van der Waals surface area contributed by atoms with Crippen LogP contribution in [0.3, 0.4) is 0 Å². The number of rotatable bonds is 6. The zero-order chi connectivity index (χ0) is 14.4. The van der Waals surface area contributed by atoms with E-state index in [4.69, 9.17) is 4.74 Å². The predicted octanol–water partition coefficient (Wildman–Crippen LogP) is 4.35. The van der Waals surface area contributed by atoms with Crippen LogP contribution in [0, 0.1) is 0 Å². The molecule has 3 heteroatoms. The monoisotopic (exact) mass is 333 g/mol. The molecule has 0 amide bonds. The van der Waals surface area contributed by atoms with Crippen LogP contribution in [0.4, 0.5) is 0 Å². The van der Waals surface area contributed by atoms with E-state index in [1.54, 1.807) is 7.11 Å². The van der Waals surface area contributed by atoms with Crippen molar-refractivity contribution in [3.05, 3.63) is 64.1 Å². The van der Waals surface area contributed by atoms with Crippen LogP contribution in [0.2, 0.25) is 0 Å². The first-order valence-corrected chi connectivity index (χ1v) is 7.64. The van der Waals surface area contributed by atoms with Crippen LogP contribution in [0.15, 0.2) is 53.0 Å². The molecule has 1 atom stereocenters. The van der Waals surface area contributed by atoms with Gasteiger partial charge in [0.05, 0.1) is 7.11 Å². The highest BCUT2D eigenvalue weighted by Gasteiger charge is 2.13. The summed E-state index contributed by atoms with van der Waals surface area (Å²) in [5.41, 5.74) is 2.56. The molecule has 0 aliphatic carbocycles. The van der Waals surface area contributed by atoms with Crippen molar-refractivity contribution in [1.82, 2.24) is 5.32 Å². The van der Waals surface area contributed by atoms with E-state index in [0.717, 1.165) is 23.2 Å². The number of halogens is 1. The molecule has 0 saturated carbocycles. The number of likely N-dealkylation sites (N-methyl/N-ethyl adjacent to an activating group) is 1. The van der Waals surface area contributed by atoms with Crippen LogP contribution < -0.4 is 10.1 Å². The average Bonchev–Trinajstić information content (AvgIpc) is 2.49. The van der Waals surface area contributed by atoms with Gasteiger partial charge < -0.3 is 10.1 Å². The van der Waals surface area contributed by atoms with Crippen molar-refractivity contribution in [2.24, 2.45) is 0 Å². The van der Waals surface area contributed by atoms with Gasteiger partial charge in [-0.2, -0.15) is 0 Å². The molecule has 0 saturated heterocycles. The molecule has 0 fully saturated rings. The lowest BCUT2D eigenvalue weighted by atomic mass is 9.98. The number of hydrogen-bond acceptors (Lipinski definition) is 2. The Morgan fingerprint density at radius 2 is 1.95 bits per heavy atom. The second kappa shape index (κ2) is 7.46. The first-order chi connectivity index (χ1) is 9.74. The molecular formula is C17H20BrNO. The minimum atomic E-state index is 0.286. The molecular weight excluding hydrogens is 314 g/mol. The molecule has 1 unspecified atom stereocenters. The fourth-order valence-electron chi connectivity index (χ4n) is 2.30. The summed E-state index contributed by atoms with van der Waals surface area (Å²) >= 11 is 3.62. The SMILES string of the molecule is CCNC(Cc1ccccc1Br)c1cccc(OC)c1. The van der Waals surface area contributed by atoms with Gasteiger partial charge >= 0.3 is 0 Å². The smallest absolute Gasteiger partial charge is 0.119 e. The first-order valence-electron chi connectivity index (χ1n) is 6.85.